The van der Waals surface area contributed by atoms with Gasteiger partial charge in [-0.15, -0.1) is 0 Å². The number of nitrogens with one attached hydrogen (secondary N) is 2. The average Bonchev–Trinajstić information content (AvgIpc) is 2.65. The minimum Gasteiger partial charge on any atom is -0.348 e. The standard InChI is InChI=1S/C18H14F2N4O4S/c1-10(13-4-3-12(19)7-14(13)20)22-17(25)9-24-18(26)23-15-5-2-11(8-21)6-16(15)29(24,27)28/h2-7,10H,9H2,1H3,(H,22,25)(H,23,26)/t10-/m0/s1. The van der Waals surface area contributed by atoms with Crippen LogP contribution in [0.2, 0.25) is 0 Å². The summed E-state index contributed by atoms with van der Waals surface area (Å²) in [4.78, 5) is 24.2. The highest BCUT2D eigenvalue weighted by atomic mass is 32.2. The van der Waals surface area contributed by atoms with Crippen LogP contribution in [0, 0.1) is 23.0 Å². The van der Waals surface area contributed by atoms with E-state index in [-0.39, 0.29) is 21.7 Å². The number of carbonyl (C=O) groups excluding carboxylic acids is 2. The number of nitrogens with zero attached hydrogens (tertiary/aromatic N) is 2. The van der Waals surface area contributed by atoms with E-state index in [1.807, 2.05) is 0 Å². The number of sulfonamides is 1. The Morgan fingerprint density at radius 3 is 2.66 bits per heavy atom. The van der Waals surface area contributed by atoms with Crippen molar-refractivity contribution < 1.29 is 26.8 Å². The molecule has 0 saturated carbocycles. The molecule has 11 heteroatoms. The maximum Gasteiger partial charge on any atom is 0.336 e. The second kappa shape index (κ2) is 7.48. The zero-order valence-corrected chi connectivity index (χ0v) is 15.8. The minimum atomic E-state index is -4.39. The van der Waals surface area contributed by atoms with E-state index in [0.717, 1.165) is 18.2 Å². The fourth-order valence-corrected chi connectivity index (χ4v) is 4.28. The molecule has 0 aromatic heterocycles. The molecule has 3 amide bonds. The average molecular weight is 420 g/mol. The Morgan fingerprint density at radius 2 is 2.00 bits per heavy atom. The minimum absolute atomic E-state index is 0.00490. The molecular weight excluding hydrogens is 406 g/mol. The summed E-state index contributed by atoms with van der Waals surface area (Å²) in [7, 11) is -4.39. The lowest BCUT2D eigenvalue weighted by Gasteiger charge is -2.28. The van der Waals surface area contributed by atoms with Gasteiger partial charge in [0.1, 0.15) is 23.1 Å². The van der Waals surface area contributed by atoms with Gasteiger partial charge in [-0.1, -0.05) is 6.07 Å². The highest BCUT2D eigenvalue weighted by Crippen LogP contribution is 2.30. The van der Waals surface area contributed by atoms with E-state index in [2.05, 4.69) is 10.6 Å². The first-order valence-corrected chi connectivity index (χ1v) is 9.69. The molecule has 2 aromatic rings. The third-order valence-electron chi connectivity index (χ3n) is 4.24. The Morgan fingerprint density at radius 1 is 1.28 bits per heavy atom. The lowest BCUT2D eigenvalue weighted by Crippen LogP contribution is -2.49. The fraction of sp³-hybridized carbons (Fsp3) is 0.167. The molecule has 2 aromatic carbocycles. The molecule has 0 fully saturated rings. The number of anilines is 1. The van der Waals surface area contributed by atoms with Gasteiger partial charge < -0.3 is 10.6 Å². The number of nitriles is 1. The van der Waals surface area contributed by atoms with Crippen LogP contribution in [0.5, 0.6) is 0 Å². The summed E-state index contributed by atoms with van der Waals surface area (Å²) in [5, 5.41) is 13.7. The normalized spacial score (nSPS) is 15.7. The van der Waals surface area contributed by atoms with E-state index >= 15 is 0 Å². The first-order valence-electron chi connectivity index (χ1n) is 8.25. The van der Waals surface area contributed by atoms with Gasteiger partial charge >= 0.3 is 6.03 Å². The van der Waals surface area contributed by atoms with E-state index in [0.29, 0.717) is 10.4 Å². The molecule has 29 heavy (non-hydrogen) atoms. The maximum atomic E-state index is 13.8. The van der Waals surface area contributed by atoms with E-state index < -0.39 is 46.2 Å². The summed E-state index contributed by atoms with van der Waals surface area (Å²) in [5.41, 5.74) is 0.0513. The van der Waals surface area contributed by atoms with Crippen LogP contribution in [-0.2, 0) is 14.8 Å². The first-order chi connectivity index (χ1) is 13.6. The molecule has 0 saturated heterocycles. The van der Waals surface area contributed by atoms with Gasteiger partial charge in [0.25, 0.3) is 10.0 Å². The van der Waals surface area contributed by atoms with E-state index in [1.54, 1.807) is 6.07 Å². The largest absolute Gasteiger partial charge is 0.348 e. The number of urea groups is 1. The predicted octanol–water partition coefficient (Wildman–Crippen LogP) is 2.25. The number of halogens is 2. The monoisotopic (exact) mass is 420 g/mol. The maximum absolute atomic E-state index is 13.8. The van der Waals surface area contributed by atoms with Crippen LogP contribution in [0.25, 0.3) is 0 Å². The molecule has 0 aliphatic carbocycles. The molecule has 8 nitrogen and oxygen atoms in total. The fourth-order valence-electron chi connectivity index (χ4n) is 2.82. The van der Waals surface area contributed by atoms with Crippen LogP contribution >= 0.6 is 0 Å². The van der Waals surface area contributed by atoms with Crippen molar-refractivity contribution in [2.24, 2.45) is 0 Å². The molecule has 0 bridgehead atoms. The summed E-state index contributed by atoms with van der Waals surface area (Å²) in [6.45, 7) is 0.561. The molecule has 1 heterocycles. The van der Waals surface area contributed by atoms with Gasteiger partial charge in [-0.3, -0.25) is 4.79 Å². The number of fused-ring (bicyclic) bond motifs is 1. The van der Waals surface area contributed by atoms with Crippen molar-refractivity contribution in [2.75, 3.05) is 11.9 Å². The highest BCUT2D eigenvalue weighted by molar-refractivity contribution is 7.90. The van der Waals surface area contributed by atoms with Crippen molar-refractivity contribution in [3.63, 3.8) is 0 Å². The molecule has 1 aliphatic rings. The molecule has 0 radical (unpaired) electrons. The molecule has 1 aliphatic heterocycles. The van der Waals surface area contributed by atoms with Gasteiger partial charge in [-0.25, -0.2) is 26.3 Å². The Bertz CT molecular complexity index is 1160. The SMILES string of the molecule is C[C@H](NC(=O)CN1C(=O)Nc2ccc(C#N)cc2S1(=O)=O)c1ccc(F)cc1F. The Balaban J connectivity index is 1.81. The lowest BCUT2D eigenvalue weighted by atomic mass is 10.1. The molecule has 3 rings (SSSR count). The number of hydrogen-bond donors (Lipinski definition) is 2. The second-order valence-corrected chi connectivity index (χ2v) is 8.05. The van der Waals surface area contributed by atoms with E-state index in [1.165, 1.54) is 19.1 Å². The van der Waals surface area contributed by atoms with Gasteiger partial charge in [0.2, 0.25) is 5.91 Å². The quantitative estimate of drug-likeness (QED) is 0.786. The lowest BCUT2D eigenvalue weighted by molar-refractivity contribution is -0.121. The third-order valence-corrected chi connectivity index (χ3v) is 6.01. The summed E-state index contributed by atoms with van der Waals surface area (Å²) in [6, 6.07) is 6.39. The number of amides is 3. The predicted molar refractivity (Wildman–Crippen MR) is 97.0 cm³/mol. The number of rotatable bonds is 4. The van der Waals surface area contributed by atoms with Crippen molar-refractivity contribution in [2.45, 2.75) is 17.9 Å². The van der Waals surface area contributed by atoms with Gasteiger partial charge in [0.05, 0.1) is 23.4 Å². The molecule has 0 spiro atoms. The van der Waals surface area contributed by atoms with Crippen LogP contribution in [0.3, 0.4) is 0 Å². The van der Waals surface area contributed by atoms with Crippen molar-refractivity contribution in [3.8, 4) is 6.07 Å². The zero-order valence-electron chi connectivity index (χ0n) is 14.9. The van der Waals surface area contributed by atoms with Gasteiger partial charge in [-0.05, 0) is 31.2 Å². The van der Waals surface area contributed by atoms with E-state index in [9.17, 15) is 26.8 Å². The number of carbonyl (C=O) groups is 2. The Kier molecular flexibility index (Phi) is 5.21. The highest BCUT2D eigenvalue weighted by Gasteiger charge is 2.38. The summed E-state index contributed by atoms with van der Waals surface area (Å²) < 4.78 is 52.7. The number of benzene rings is 2. The molecular formula is C18H14F2N4O4S. The van der Waals surface area contributed by atoms with Crippen molar-refractivity contribution in [1.82, 2.24) is 9.62 Å². The third kappa shape index (κ3) is 3.88. The van der Waals surface area contributed by atoms with Crippen LogP contribution in [0.4, 0.5) is 19.3 Å². The topological polar surface area (TPSA) is 119 Å². The molecule has 1 atom stereocenters. The first kappa shape index (κ1) is 20.2. The second-order valence-electron chi connectivity index (χ2n) is 6.22. The summed E-state index contributed by atoms with van der Waals surface area (Å²) >= 11 is 0. The summed E-state index contributed by atoms with van der Waals surface area (Å²) in [6.07, 6.45) is 0. The van der Waals surface area contributed by atoms with E-state index in [4.69, 9.17) is 5.26 Å². The Labute approximate surface area is 164 Å². The van der Waals surface area contributed by atoms with Gasteiger partial charge in [0, 0.05) is 11.6 Å². The van der Waals surface area contributed by atoms with Crippen LogP contribution in [-0.4, -0.2) is 31.2 Å². The van der Waals surface area contributed by atoms with Crippen molar-refractivity contribution in [1.29, 1.82) is 5.26 Å². The smallest absolute Gasteiger partial charge is 0.336 e. The zero-order chi connectivity index (χ0) is 21.3. The van der Waals surface area contributed by atoms with Crippen molar-refractivity contribution in [3.05, 3.63) is 59.2 Å². The van der Waals surface area contributed by atoms with Gasteiger partial charge in [-0.2, -0.15) is 5.26 Å². The van der Waals surface area contributed by atoms with Crippen LogP contribution < -0.4 is 10.6 Å². The van der Waals surface area contributed by atoms with Crippen molar-refractivity contribution >= 4 is 27.6 Å². The number of hydrogen-bond acceptors (Lipinski definition) is 5. The van der Waals surface area contributed by atoms with Gasteiger partial charge in [0.15, 0.2) is 0 Å². The molecule has 0 unspecified atom stereocenters. The van der Waals surface area contributed by atoms with Crippen LogP contribution in [0.15, 0.2) is 41.3 Å². The molecule has 150 valence electrons. The Hall–Kier alpha value is -3.52. The summed E-state index contributed by atoms with van der Waals surface area (Å²) in [5.74, 6) is -2.53. The molecule has 2 N–H and O–H groups in total. The van der Waals surface area contributed by atoms with Crippen LogP contribution in [0.1, 0.15) is 24.1 Å².